The zero-order valence-corrected chi connectivity index (χ0v) is 17.6. The molecule has 0 unspecified atom stereocenters. The minimum Gasteiger partial charge on any atom is -0.494 e. The zero-order chi connectivity index (χ0) is 20.4. The first-order valence-electron chi connectivity index (χ1n) is 9.58. The second-order valence-corrected chi connectivity index (χ2v) is 7.51. The van der Waals surface area contributed by atoms with E-state index in [0.717, 1.165) is 12.8 Å². The molecule has 2 N–H and O–H groups in total. The molecule has 0 spiro atoms. The molecule has 0 bridgehead atoms. The van der Waals surface area contributed by atoms with E-state index < -0.39 is 5.97 Å². The maximum absolute atomic E-state index is 12.5. The number of carbonyl (C=O) groups is 2. The second kappa shape index (κ2) is 11.5. The van der Waals surface area contributed by atoms with Gasteiger partial charge in [0, 0.05) is 10.0 Å². The van der Waals surface area contributed by atoms with Crippen molar-refractivity contribution in [2.24, 2.45) is 0 Å². The third-order valence-corrected chi connectivity index (χ3v) is 4.82. The van der Waals surface area contributed by atoms with Gasteiger partial charge in [0.25, 0.3) is 5.91 Å². The summed E-state index contributed by atoms with van der Waals surface area (Å²) in [4.78, 5) is 23.9. The summed E-state index contributed by atoms with van der Waals surface area (Å²) in [7, 11) is 0. The first kappa shape index (κ1) is 22.0. The Kier molecular flexibility index (Phi) is 9.01. The molecule has 0 aliphatic carbocycles. The minimum absolute atomic E-state index is 0.0261. The number of benzene rings is 2. The quantitative estimate of drug-likeness (QED) is 0.405. The maximum Gasteiger partial charge on any atom is 0.337 e. The topological polar surface area (TPSA) is 75.6 Å². The fourth-order valence-corrected chi connectivity index (χ4v) is 3.16. The third kappa shape index (κ3) is 7.00. The molecule has 2 aromatic carbocycles. The second-order valence-electron chi connectivity index (χ2n) is 6.59. The average Bonchev–Trinajstić information content (AvgIpc) is 2.68. The van der Waals surface area contributed by atoms with E-state index in [4.69, 9.17) is 4.74 Å². The van der Waals surface area contributed by atoms with Crippen LogP contribution in [-0.2, 0) is 0 Å². The van der Waals surface area contributed by atoms with Crippen molar-refractivity contribution in [3.05, 3.63) is 58.1 Å². The number of rotatable bonds is 11. The molecule has 0 aliphatic heterocycles. The van der Waals surface area contributed by atoms with Crippen molar-refractivity contribution in [3.63, 3.8) is 0 Å². The van der Waals surface area contributed by atoms with E-state index in [9.17, 15) is 14.7 Å². The van der Waals surface area contributed by atoms with Gasteiger partial charge in [0.05, 0.1) is 17.9 Å². The standard InChI is InChI=1S/C22H26BrNO4/c1-2-3-4-5-6-7-13-28-18-10-8-9-16(14-18)21(25)24-20-12-11-17(23)15-19(20)22(26)27/h8-12,14-15H,2-7,13H2,1H3,(H,24,25)(H,26,27). The summed E-state index contributed by atoms with van der Waals surface area (Å²) in [6, 6.07) is 11.6. The van der Waals surface area contributed by atoms with Crippen LogP contribution in [0, 0.1) is 0 Å². The lowest BCUT2D eigenvalue weighted by atomic mass is 10.1. The summed E-state index contributed by atoms with van der Waals surface area (Å²) in [5, 5.41) is 12.0. The monoisotopic (exact) mass is 447 g/mol. The van der Waals surface area contributed by atoms with Gasteiger partial charge in [0.1, 0.15) is 5.75 Å². The lowest BCUT2D eigenvalue weighted by molar-refractivity contribution is 0.0698. The Balaban J connectivity index is 1.93. The molecule has 5 nitrogen and oxygen atoms in total. The van der Waals surface area contributed by atoms with E-state index >= 15 is 0 Å². The Morgan fingerprint density at radius 2 is 1.79 bits per heavy atom. The summed E-state index contributed by atoms with van der Waals surface area (Å²) in [5.74, 6) is -0.849. The highest BCUT2D eigenvalue weighted by Crippen LogP contribution is 2.22. The Morgan fingerprint density at radius 3 is 2.54 bits per heavy atom. The number of amides is 1. The van der Waals surface area contributed by atoms with Crippen LogP contribution in [0.3, 0.4) is 0 Å². The Bertz CT molecular complexity index is 807. The molecule has 150 valence electrons. The van der Waals surface area contributed by atoms with E-state index in [-0.39, 0.29) is 17.2 Å². The molecule has 28 heavy (non-hydrogen) atoms. The molecule has 0 saturated heterocycles. The van der Waals surface area contributed by atoms with Gasteiger partial charge in [0.2, 0.25) is 0 Å². The zero-order valence-electron chi connectivity index (χ0n) is 16.0. The number of hydrogen-bond donors (Lipinski definition) is 2. The van der Waals surface area contributed by atoms with Crippen molar-refractivity contribution in [1.29, 1.82) is 0 Å². The number of carbonyl (C=O) groups excluding carboxylic acids is 1. The van der Waals surface area contributed by atoms with E-state index in [0.29, 0.717) is 22.4 Å². The van der Waals surface area contributed by atoms with E-state index in [1.807, 2.05) is 6.07 Å². The molecule has 0 saturated carbocycles. The summed E-state index contributed by atoms with van der Waals surface area (Å²) in [6.45, 7) is 2.82. The average molecular weight is 448 g/mol. The van der Waals surface area contributed by atoms with Gasteiger partial charge in [0.15, 0.2) is 0 Å². The Morgan fingerprint density at radius 1 is 1.04 bits per heavy atom. The van der Waals surface area contributed by atoms with Crippen LogP contribution in [0.1, 0.15) is 66.2 Å². The third-order valence-electron chi connectivity index (χ3n) is 4.32. The van der Waals surface area contributed by atoms with E-state index in [1.165, 1.54) is 31.7 Å². The minimum atomic E-state index is -1.10. The Labute approximate surface area is 174 Å². The highest BCUT2D eigenvalue weighted by atomic mass is 79.9. The van der Waals surface area contributed by atoms with Crippen LogP contribution in [0.25, 0.3) is 0 Å². The normalized spacial score (nSPS) is 10.5. The number of ether oxygens (including phenoxy) is 1. The molecule has 0 fully saturated rings. The van der Waals surface area contributed by atoms with Crippen molar-refractivity contribution in [1.82, 2.24) is 0 Å². The fraction of sp³-hybridized carbons (Fsp3) is 0.364. The summed E-state index contributed by atoms with van der Waals surface area (Å²) in [6.07, 6.45) is 7.13. The van der Waals surface area contributed by atoms with Gasteiger partial charge in [-0.3, -0.25) is 4.79 Å². The lowest BCUT2D eigenvalue weighted by Crippen LogP contribution is -2.15. The molecular weight excluding hydrogens is 422 g/mol. The van der Waals surface area contributed by atoms with Gasteiger partial charge in [-0.25, -0.2) is 4.79 Å². The fourth-order valence-electron chi connectivity index (χ4n) is 2.80. The maximum atomic E-state index is 12.5. The Hall–Kier alpha value is -2.34. The number of anilines is 1. The van der Waals surface area contributed by atoms with Gasteiger partial charge < -0.3 is 15.2 Å². The molecule has 0 heterocycles. The number of carboxylic acid groups (broad SMARTS) is 1. The van der Waals surface area contributed by atoms with Crippen molar-refractivity contribution in [2.75, 3.05) is 11.9 Å². The van der Waals surface area contributed by atoms with E-state index in [1.54, 1.807) is 30.3 Å². The number of nitrogens with one attached hydrogen (secondary N) is 1. The molecular formula is C22H26BrNO4. The molecule has 6 heteroatoms. The highest BCUT2D eigenvalue weighted by molar-refractivity contribution is 9.10. The van der Waals surface area contributed by atoms with E-state index in [2.05, 4.69) is 28.2 Å². The molecule has 0 aromatic heterocycles. The van der Waals surface area contributed by atoms with Crippen LogP contribution in [0.2, 0.25) is 0 Å². The van der Waals surface area contributed by atoms with Gasteiger partial charge in [-0.1, -0.05) is 61.0 Å². The van der Waals surface area contributed by atoms with Gasteiger partial charge in [-0.2, -0.15) is 0 Å². The van der Waals surface area contributed by atoms with Crippen LogP contribution in [0.15, 0.2) is 46.9 Å². The predicted octanol–water partition coefficient (Wildman–Crippen LogP) is 6.14. The molecule has 1 amide bonds. The van der Waals surface area contributed by atoms with Crippen LogP contribution >= 0.6 is 15.9 Å². The summed E-state index contributed by atoms with van der Waals surface area (Å²) >= 11 is 3.24. The SMILES string of the molecule is CCCCCCCCOc1cccc(C(=O)Nc2ccc(Br)cc2C(=O)O)c1. The number of aromatic carboxylic acids is 1. The van der Waals surface area contributed by atoms with Gasteiger partial charge in [-0.05, 0) is 42.8 Å². The van der Waals surface area contributed by atoms with Crippen LogP contribution in [0.4, 0.5) is 5.69 Å². The van der Waals surface area contributed by atoms with Gasteiger partial charge in [-0.15, -0.1) is 0 Å². The number of hydrogen-bond acceptors (Lipinski definition) is 3. The highest BCUT2D eigenvalue weighted by Gasteiger charge is 2.14. The van der Waals surface area contributed by atoms with Crippen molar-refractivity contribution in [3.8, 4) is 5.75 Å². The van der Waals surface area contributed by atoms with Gasteiger partial charge >= 0.3 is 5.97 Å². The molecule has 2 rings (SSSR count). The smallest absolute Gasteiger partial charge is 0.337 e. The largest absolute Gasteiger partial charge is 0.494 e. The first-order chi connectivity index (χ1) is 13.5. The molecule has 2 aromatic rings. The van der Waals surface area contributed by atoms with Crippen LogP contribution in [-0.4, -0.2) is 23.6 Å². The number of unbranched alkanes of at least 4 members (excludes halogenated alkanes) is 5. The summed E-state index contributed by atoms with van der Waals surface area (Å²) in [5.41, 5.74) is 0.692. The van der Waals surface area contributed by atoms with Crippen molar-refractivity contribution >= 4 is 33.5 Å². The molecule has 0 atom stereocenters. The van der Waals surface area contributed by atoms with Crippen LogP contribution < -0.4 is 10.1 Å². The summed E-state index contributed by atoms with van der Waals surface area (Å²) < 4.78 is 6.38. The predicted molar refractivity (Wildman–Crippen MR) is 114 cm³/mol. The van der Waals surface area contributed by atoms with Crippen molar-refractivity contribution in [2.45, 2.75) is 45.4 Å². The lowest BCUT2D eigenvalue weighted by Gasteiger charge is -2.11. The number of carboxylic acids is 1. The first-order valence-corrected chi connectivity index (χ1v) is 10.4. The van der Waals surface area contributed by atoms with Crippen molar-refractivity contribution < 1.29 is 19.4 Å². The van der Waals surface area contributed by atoms with Crippen LogP contribution in [0.5, 0.6) is 5.75 Å². The molecule has 0 radical (unpaired) electrons. The number of halogens is 1. The molecule has 0 aliphatic rings.